The van der Waals surface area contributed by atoms with Crippen LogP contribution in [0.3, 0.4) is 0 Å². The molecule has 0 heterocycles. The lowest BCUT2D eigenvalue weighted by Crippen LogP contribution is -2.08. The molecule has 110 valence electrons. The van der Waals surface area contributed by atoms with Gasteiger partial charge in [0.25, 0.3) is 0 Å². The van der Waals surface area contributed by atoms with Crippen molar-refractivity contribution >= 4 is 15.9 Å². The maximum absolute atomic E-state index is 9.73. The van der Waals surface area contributed by atoms with E-state index in [4.69, 9.17) is 10.00 Å². The van der Waals surface area contributed by atoms with Crippen molar-refractivity contribution in [1.29, 1.82) is 5.26 Å². The van der Waals surface area contributed by atoms with Gasteiger partial charge in [0.05, 0.1) is 24.2 Å². The van der Waals surface area contributed by atoms with Crippen molar-refractivity contribution in [2.75, 3.05) is 6.61 Å². The number of hydrogen-bond acceptors (Lipinski definition) is 3. The molecule has 0 aliphatic heterocycles. The maximum Gasteiger partial charge on any atom is 0.125 e. The van der Waals surface area contributed by atoms with Gasteiger partial charge in [-0.1, -0.05) is 15.9 Å². The number of aliphatic hydroxyl groups is 1. The van der Waals surface area contributed by atoms with Gasteiger partial charge in [0.1, 0.15) is 5.75 Å². The minimum Gasteiger partial charge on any atom is -0.493 e. The van der Waals surface area contributed by atoms with Gasteiger partial charge in [-0.2, -0.15) is 5.26 Å². The first-order chi connectivity index (χ1) is 9.35. The van der Waals surface area contributed by atoms with E-state index >= 15 is 0 Å². The Kier molecular flexibility index (Phi) is 6.51. The number of unbranched alkanes of at least 4 members (excludes halogenated alkanes) is 1. The summed E-state index contributed by atoms with van der Waals surface area (Å²) >= 11 is 3.39. The zero-order chi connectivity index (χ0) is 15.2. The SMILES string of the molecule is C[C@H](O)c1cc(Br)ccc1OCCCCC(C)(C)C#N. The van der Waals surface area contributed by atoms with Crippen LogP contribution >= 0.6 is 15.9 Å². The summed E-state index contributed by atoms with van der Waals surface area (Å²) in [6.45, 7) is 6.23. The predicted octanol–water partition coefficient (Wildman–Crippen LogP) is 4.60. The number of benzene rings is 1. The molecule has 0 spiro atoms. The Morgan fingerprint density at radius 3 is 2.70 bits per heavy atom. The number of nitrogens with zero attached hydrogens (tertiary/aromatic N) is 1. The van der Waals surface area contributed by atoms with Crippen molar-refractivity contribution in [3.63, 3.8) is 0 Å². The molecule has 0 aliphatic rings. The monoisotopic (exact) mass is 339 g/mol. The highest BCUT2D eigenvalue weighted by Gasteiger charge is 2.15. The molecule has 1 atom stereocenters. The van der Waals surface area contributed by atoms with Crippen LogP contribution in [-0.4, -0.2) is 11.7 Å². The second kappa shape index (κ2) is 7.66. The van der Waals surface area contributed by atoms with Gasteiger partial charge in [0, 0.05) is 10.0 Å². The first kappa shape index (κ1) is 17.0. The molecule has 0 saturated heterocycles. The van der Waals surface area contributed by atoms with Crippen LogP contribution in [0.25, 0.3) is 0 Å². The quantitative estimate of drug-likeness (QED) is 0.738. The Hall–Kier alpha value is -1.05. The van der Waals surface area contributed by atoms with Gasteiger partial charge < -0.3 is 9.84 Å². The summed E-state index contributed by atoms with van der Waals surface area (Å²) in [5, 5.41) is 18.7. The van der Waals surface area contributed by atoms with E-state index in [-0.39, 0.29) is 5.41 Å². The van der Waals surface area contributed by atoms with Crippen LogP contribution < -0.4 is 4.74 Å². The number of ether oxygens (including phenoxy) is 1. The van der Waals surface area contributed by atoms with Gasteiger partial charge in [-0.05, 0) is 58.2 Å². The van der Waals surface area contributed by atoms with Crippen molar-refractivity contribution in [2.45, 2.75) is 46.1 Å². The van der Waals surface area contributed by atoms with Crippen LogP contribution in [0.2, 0.25) is 0 Å². The first-order valence-electron chi connectivity index (χ1n) is 6.87. The lowest BCUT2D eigenvalue weighted by Gasteiger charge is -2.16. The van der Waals surface area contributed by atoms with Crippen LogP contribution in [0, 0.1) is 16.7 Å². The van der Waals surface area contributed by atoms with Gasteiger partial charge >= 0.3 is 0 Å². The molecule has 0 radical (unpaired) electrons. The molecule has 0 aromatic heterocycles. The topological polar surface area (TPSA) is 53.2 Å². The summed E-state index contributed by atoms with van der Waals surface area (Å²) < 4.78 is 6.67. The first-order valence-corrected chi connectivity index (χ1v) is 7.66. The average molecular weight is 340 g/mol. The molecule has 3 nitrogen and oxygen atoms in total. The second-order valence-electron chi connectivity index (χ2n) is 5.66. The van der Waals surface area contributed by atoms with Gasteiger partial charge in [0.2, 0.25) is 0 Å². The summed E-state index contributed by atoms with van der Waals surface area (Å²) in [7, 11) is 0. The molecule has 4 heteroatoms. The number of hydrogen-bond donors (Lipinski definition) is 1. The summed E-state index contributed by atoms with van der Waals surface area (Å²) in [4.78, 5) is 0. The Bertz CT molecular complexity index is 478. The minimum atomic E-state index is -0.556. The third kappa shape index (κ3) is 5.52. The predicted molar refractivity (Wildman–Crippen MR) is 83.5 cm³/mol. The Balaban J connectivity index is 2.45. The zero-order valence-corrected chi connectivity index (χ0v) is 13.9. The standard InChI is InChI=1S/C16H22BrNO2/c1-12(19)14-10-13(17)6-7-15(14)20-9-5-4-8-16(2,3)11-18/h6-7,10,12,19H,4-5,8-9H2,1-3H3/t12-/m0/s1. The third-order valence-electron chi connectivity index (χ3n) is 3.18. The van der Waals surface area contributed by atoms with Crippen molar-refractivity contribution in [3.8, 4) is 11.8 Å². The van der Waals surface area contributed by atoms with Crippen molar-refractivity contribution < 1.29 is 9.84 Å². The van der Waals surface area contributed by atoms with E-state index in [1.54, 1.807) is 6.92 Å². The van der Waals surface area contributed by atoms with Crippen molar-refractivity contribution in [2.24, 2.45) is 5.41 Å². The Labute approximate surface area is 129 Å². The lowest BCUT2D eigenvalue weighted by molar-refractivity contribution is 0.190. The van der Waals surface area contributed by atoms with Gasteiger partial charge in [0.15, 0.2) is 0 Å². The summed E-state index contributed by atoms with van der Waals surface area (Å²) in [6.07, 6.45) is 2.18. The molecule has 0 fully saturated rings. The van der Waals surface area contributed by atoms with Crippen molar-refractivity contribution in [3.05, 3.63) is 28.2 Å². The van der Waals surface area contributed by atoms with E-state index in [1.807, 2.05) is 32.0 Å². The van der Waals surface area contributed by atoms with Crippen LogP contribution in [0.15, 0.2) is 22.7 Å². The molecule has 0 bridgehead atoms. The van der Waals surface area contributed by atoms with Gasteiger partial charge in [-0.3, -0.25) is 0 Å². The molecule has 0 unspecified atom stereocenters. The van der Waals surface area contributed by atoms with E-state index in [0.717, 1.165) is 35.0 Å². The summed E-state index contributed by atoms with van der Waals surface area (Å²) in [5.41, 5.74) is 0.527. The van der Waals surface area contributed by atoms with E-state index in [9.17, 15) is 5.11 Å². The fraction of sp³-hybridized carbons (Fsp3) is 0.562. The molecular formula is C16H22BrNO2. The fourth-order valence-corrected chi connectivity index (χ4v) is 2.26. The molecule has 20 heavy (non-hydrogen) atoms. The third-order valence-corrected chi connectivity index (χ3v) is 3.67. The number of aliphatic hydroxyl groups excluding tert-OH is 1. The highest BCUT2D eigenvalue weighted by Crippen LogP contribution is 2.29. The highest BCUT2D eigenvalue weighted by atomic mass is 79.9. The number of nitriles is 1. The Morgan fingerprint density at radius 2 is 2.10 bits per heavy atom. The van der Waals surface area contributed by atoms with Gasteiger partial charge in [-0.15, -0.1) is 0 Å². The lowest BCUT2D eigenvalue weighted by atomic mass is 9.89. The number of rotatable bonds is 7. The largest absolute Gasteiger partial charge is 0.493 e. The van der Waals surface area contributed by atoms with Crippen LogP contribution in [0.4, 0.5) is 0 Å². The minimum absolute atomic E-state index is 0.262. The van der Waals surface area contributed by atoms with Crippen LogP contribution in [-0.2, 0) is 0 Å². The second-order valence-corrected chi connectivity index (χ2v) is 6.58. The molecule has 1 aromatic carbocycles. The zero-order valence-electron chi connectivity index (χ0n) is 12.3. The molecule has 0 saturated carbocycles. The van der Waals surface area contributed by atoms with Crippen LogP contribution in [0.1, 0.15) is 51.7 Å². The molecular weight excluding hydrogens is 318 g/mol. The van der Waals surface area contributed by atoms with Gasteiger partial charge in [-0.25, -0.2) is 0 Å². The number of halogens is 1. The summed E-state index contributed by atoms with van der Waals surface area (Å²) in [5.74, 6) is 0.725. The van der Waals surface area contributed by atoms with Crippen molar-refractivity contribution in [1.82, 2.24) is 0 Å². The normalized spacial score (nSPS) is 12.8. The fourth-order valence-electron chi connectivity index (χ4n) is 1.88. The Morgan fingerprint density at radius 1 is 1.40 bits per heavy atom. The molecule has 0 amide bonds. The smallest absolute Gasteiger partial charge is 0.125 e. The van der Waals surface area contributed by atoms with E-state index < -0.39 is 6.10 Å². The maximum atomic E-state index is 9.73. The molecule has 0 aliphatic carbocycles. The average Bonchev–Trinajstić information content (AvgIpc) is 2.39. The molecule has 1 aromatic rings. The molecule has 1 N–H and O–H groups in total. The van der Waals surface area contributed by atoms with E-state index in [1.165, 1.54) is 0 Å². The molecule has 1 rings (SSSR count). The van der Waals surface area contributed by atoms with E-state index in [2.05, 4.69) is 22.0 Å². The van der Waals surface area contributed by atoms with E-state index in [0.29, 0.717) is 6.61 Å². The highest BCUT2D eigenvalue weighted by molar-refractivity contribution is 9.10. The summed E-state index contributed by atoms with van der Waals surface area (Å²) in [6, 6.07) is 7.94. The van der Waals surface area contributed by atoms with Crippen LogP contribution in [0.5, 0.6) is 5.75 Å².